The number of anilines is 1. The van der Waals surface area contributed by atoms with Crippen LogP contribution in [-0.2, 0) is 27.3 Å². The van der Waals surface area contributed by atoms with Crippen molar-refractivity contribution in [3.8, 4) is 11.5 Å². The van der Waals surface area contributed by atoms with E-state index in [4.69, 9.17) is 9.47 Å². The van der Waals surface area contributed by atoms with Crippen LogP contribution in [0.4, 0.5) is 5.82 Å². The number of unbranched alkanes of at least 4 members (excludes halogenated alkanes) is 3. The van der Waals surface area contributed by atoms with Gasteiger partial charge in [-0.05, 0) is 25.5 Å². The van der Waals surface area contributed by atoms with Crippen molar-refractivity contribution in [2.45, 2.75) is 58.4 Å². The first-order valence-electron chi connectivity index (χ1n) is 12.0. The number of nitrogens with one attached hydrogen (secondary N) is 1. The molecule has 178 valence electrons. The number of carbonyl (C=O) groups is 2. The molecule has 1 aliphatic heterocycles. The smallest absolute Gasteiger partial charge is 0.313 e. The molecule has 0 aliphatic carbocycles. The van der Waals surface area contributed by atoms with Crippen LogP contribution in [0.25, 0.3) is 0 Å². The zero-order valence-corrected chi connectivity index (χ0v) is 19.8. The maximum Gasteiger partial charge on any atom is 0.313 e. The molecule has 0 radical (unpaired) electrons. The van der Waals surface area contributed by atoms with Crippen molar-refractivity contribution in [2.75, 3.05) is 11.9 Å². The number of fused-ring (bicyclic) bond motifs is 2. The summed E-state index contributed by atoms with van der Waals surface area (Å²) in [5.74, 6) is 1.33. The topological polar surface area (TPSA) is 82.5 Å². The summed E-state index contributed by atoms with van der Waals surface area (Å²) in [6, 6.07) is 15.1. The van der Waals surface area contributed by atoms with E-state index in [1.54, 1.807) is 6.92 Å². The number of ether oxygens (including phenoxy) is 2. The number of benzene rings is 2. The van der Waals surface area contributed by atoms with Gasteiger partial charge in [0, 0.05) is 23.9 Å². The van der Waals surface area contributed by atoms with Crippen LogP contribution in [0, 0.1) is 0 Å². The van der Waals surface area contributed by atoms with E-state index in [2.05, 4.69) is 17.2 Å². The van der Waals surface area contributed by atoms with Crippen molar-refractivity contribution in [2.24, 2.45) is 0 Å². The van der Waals surface area contributed by atoms with E-state index in [1.165, 1.54) is 0 Å². The number of esters is 1. The van der Waals surface area contributed by atoms with Gasteiger partial charge in [-0.25, -0.2) is 4.98 Å². The largest absolute Gasteiger partial charge is 0.466 e. The fourth-order valence-corrected chi connectivity index (χ4v) is 4.29. The van der Waals surface area contributed by atoms with E-state index in [0.717, 1.165) is 43.4 Å². The Morgan fingerprint density at radius 2 is 1.68 bits per heavy atom. The molecule has 0 unspecified atom stereocenters. The van der Waals surface area contributed by atoms with Crippen LogP contribution in [0.1, 0.15) is 62.4 Å². The Labute approximate surface area is 200 Å². The number of rotatable bonds is 10. The maximum atomic E-state index is 13.5. The molecule has 1 N–H and O–H groups in total. The fraction of sp³-hybridized carbons (Fsp3) is 0.370. The SMILES string of the molecule is CCCCCCn1cc(NC(=O)C2c3ccccc3Oc3ccccc32)nc1CC(=O)OCC. The molecule has 0 bridgehead atoms. The lowest BCUT2D eigenvalue weighted by molar-refractivity contribution is -0.142. The molecule has 4 rings (SSSR count). The van der Waals surface area contributed by atoms with Gasteiger partial charge < -0.3 is 19.4 Å². The van der Waals surface area contributed by atoms with E-state index in [9.17, 15) is 9.59 Å². The Bertz CT molecular complexity index is 1110. The van der Waals surface area contributed by atoms with Gasteiger partial charge in [-0.1, -0.05) is 62.6 Å². The Kier molecular flexibility index (Phi) is 7.62. The Hall–Kier alpha value is -3.61. The molecule has 7 heteroatoms. The van der Waals surface area contributed by atoms with Gasteiger partial charge in [0.2, 0.25) is 5.91 Å². The maximum absolute atomic E-state index is 13.5. The summed E-state index contributed by atoms with van der Waals surface area (Å²) in [6.07, 6.45) is 6.28. The number of aryl methyl sites for hydroxylation is 1. The third kappa shape index (κ3) is 5.30. The summed E-state index contributed by atoms with van der Waals surface area (Å²) >= 11 is 0. The quantitative estimate of drug-likeness (QED) is 0.321. The number of amides is 1. The van der Waals surface area contributed by atoms with E-state index in [1.807, 2.05) is 59.3 Å². The average Bonchev–Trinajstić information content (AvgIpc) is 3.20. The molecule has 7 nitrogen and oxygen atoms in total. The predicted molar refractivity (Wildman–Crippen MR) is 130 cm³/mol. The van der Waals surface area contributed by atoms with Gasteiger partial charge >= 0.3 is 5.97 Å². The molecule has 1 aromatic heterocycles. The first-order chi connectivity index (χ1) is 16.6. The highest BCUT2D eigenvalue weighted by atomic mass is 16.5. The lowest BCUT2D eigenvalue weighted by Crippen LogP contribution is -2.25. The van der Waals surface area contributed by atoms with Gasteiger partial charge in [0.25, 0.3) is 0 Å². The van der Waals surface area contributed by atoms with Crippen LogP contribution in [0.3, 0.4) is 0 Å². The van der Waals surface area contributed by atoms with Crippen molar-refractivity contribution < 1.29 is 19.1 Å². The molecule has 2 aromatic carbocycles. The van der Waals surface area contributed by atoms with Crippen molar-refractivity contribution in [3.63, 3.8) is 0 Å². The second kappa shape index (κ2) is 11.0. The Balaban J connectivity index is 1.58. The number of nitrogens with zero attached hydrogens (tertiary/aromatic N) is 2. The summed E-state index contributed by atoms with van der Waals surface area (Å²) in [7, 11) is 0. The molecule has 3 aromatic rings. The molecule has 0 atom stereocenters. The van der Waals surface area contributed by atoms with E-state index in [-0.39, 0.29) is 18.3 Å². The number of aromatic nitrogens is 2. The highest BCUT2D eigenvalue weighted by molar-refractivity contribution is 5.99. The summed E-state index contributed by atoms with van der Waals surface area (Å²) in [4.78, 5) is 30.2. The van der Waals surface area contributed by atoms with Gasteiger partial charge in [-0.3, -0.25) is 9.59 Å². The first-order valence-corrected chi connectivity index (χ1v) is 12.0. The third-order valence-electron chi connectivity index (χ3n) is 5.91. The number of hydrogen-bond acceptors (Lipinski definition) is 5. The number of para-hydroxylation sites is 2. The zero-order chi connectivity index (χ0) is 23.9. The molecule has 0 fully saturated rings. The summed E-state index contributed by atoms with van der Waals surface area (Å²) < 4.78 is 13.1. The Morgan fingerprint density at radius 1 is 1.00 bits per heavy atom. The summed E-state index contributed by atoms with van der Waals surface area (Å²) in [6.45, 7) is 5.01. The minimum Gasteiger partial charge on any atom is -0.466 e. The fourth-order valence-electron chi connectivity index (χ4n) is 4.29. The van der Waals surface area contributed by atoms with Gasteiger partial charge in [0.05, 0.1) is 12.5 Å². The van der Waals surface area contributed by atoms with Gasteiger partial charge in [-0.2, -0.15) is 0 Å². The van der Waals surface area contributed by atoms with E-state index < -0.39 is 5.92 Å². The number of hydrogen-bond donors (Lipinski definition) is 1. The summed E-state index contributed by atoms with van der Waals surface area (Å²) in [5.41, 5.74) is 1.62. The van der Waals surface area contributed by atoms with Crippen LogP contribution in [0.2, 0.25) is 0 Å². The molecule has 0 spiro atoms. The highest BCUT2D eigenvalue weighted by Crippen LogP contribution is 2.44. The molecule has 2 heterocycles. The van der Waals surface area contributed by atoms with E-state index in [0.29, 0.717) is 29.7 Å². The van der Waals surface area contributed by atoms with Crippen molar-refractivity contribution in [3.05, 3.63) is 71.7 Å². The molecule has 0 saturated heterocycles. The van der Waals surface area contributed by atoms with Crippen molar-refractivity contribution >= 4 is 17.7 Å². The van der Waals surface area contributed by atoms with Crippen LogP contribution >= 0.6 is 0 Å². The van der Waals surface area contributed by atoms with Crippen LogP contribution < -0.4 is 10.1 Å². The van der Waals surface area contributed by atoms with Gasteiger partial charge in [0.1, 0.15) is 23.7 Å². The van der Waals surface area contributed by atoms with Crippen molar-refractivity contribution in [1.82, 2.24) is 9.55 Å². The van der Waals surface area contributed by atoms with Crippen LogP contribution in [0.15, 0.2) is 54.7 Å². The van der Waals surface area contributed by atoms with Crippen LogP contribution in [-0.4, -0.2) is 28.0 Å². The average molecular weight is 462 g/mol. The zero-order valence-electron chi connectivity index (χ0n) is 19.8. The molecule has 1 amide bonds. The minimum absolute atomic E-state index is 0.0699. The molecule has 34 heavy (non-hydrogen) atoms. The lowest BCUT2D eigenvalue weighted by Gasteiger charge is -2.27. The predicted octanol–water partition coefficient (Wildman–Crippen LogP) is 5.45. The van der Waals surface area contributed by atoms with Gasteiger partial charge in [0.15, 0.2) is 5.82 Å². The van der Waals surface area contributed by atoms with Gasteiger partial charge in [-0.15, -0.1) is 0 Å². The highest BCUT2D eigenvalue weighted by Gasteiger charge is 2.32. The second-order valence-corrected chi connectivity index (χ2v) is 8.38. The normalized spacial score (nSPS) is 12.4. The Morgan fingerprint density at radius 3 is 2.32 bits per heavy atom. The van der Waals surface area contributed by atoms with Crippen molar-refractivity contribution in [1.29, 1.82) is 0 Å². The molecule has 0 saturated carbocycles. The number of carbonyl (C=O) groups excluding carboxylic acids is 2. The molecular formula is C27H31N3O4. The second-order valence-electron chi connectivity index (χ2n) is 8.38. The third-order valence-corrected chi connectivity index (χ3v) is 5.91. The monoisotopic (exact) mass is 461 g/mol. The molecular weight excluding hydrogens is 430 g/mol. The number of imidazole rings is 1. The van der Waals surface area contributed by atoms with Crippen LogP contribution in [0.5, 0.6) is 11.5 Å². The lowest BCUT2D eigenvalue weighted by atomic mass is 9.87. The first kappa shape index (κ1) is 23.5. The molecule has 1 aliphatic rings. The van der Waals surface area contributed by atoms with E-state index >= 15 is 0 Å². The standard InChI is InChI=1S/C27H31N3O4/c1-3-5-6-11-16-30-18-23(28-24(30)17-25(31)33-4-2)29-27(32)26-19-12-7-9-14-21(19)34-22-15-10-8-13-20(22)26/h7-10,12-15,18,26H,3-6,11,16-17H2,1-2H3,(H,29,32). The summed E-state index contributed by atoms with van der Waals surface area (Å²) in [5, 5.41) is 2.98. The minimum atomic E-state index is -0.524.